The second kappa shape index (κ2) is 8.42. The van der Waals surface area contributed by atoms with Crippen molar-refractivity contribution < 1.29 is 14.4 Å². The van der Waals surface area contributed by atoms with E-state index in [1.165, 1.54) is 0 Å². The van der Waals surface area contributed by atoms with Crippen LogP contribution in [0.15, 0.2) is 30.3 Å². The van der Waals surface area contributed by atoms with E-state index in [4.69, 9.17) is 9.47 Å². The molecule has 0 spiro atoms. The van der Waals surface area contributed by atoms with Crippen LogP contribution >= 0.6 is 0 Å². The van der Waals surface area contributed by atoms with Crippen molar-refractivity contribution in [3.8, 4) is 17.2 Å². The Balaban J connectivity index is 2.61. The van der Waals surface area contributed by atoms with Crippen LogP contribution < -0.4 is 9.47 Å². The SMILES string of the molecule is COc1ccc(Oc2c(C(C)C)cc([N+](=O)[O-])cc2C(C)C)cc1C(C)C. The molecule has 0 aromatic heterocycles. The highest BCUT2D eigenvalue weighted by atomic mass is 16.6. The summed E-state index contributed by atoms with van der Waals surface area (Å²) in [7, 11) is 1.66. The molecular weight excluding hydrogens is 342 g/mol. The molecule has 2 aromatic carbocycles. The molecule has 2 rings (SSSR count). The minimum absolute atomic E-state index is 0.0974. The van der Waals surface area contributed by atoms with E-state index >= 15 is 0 Å². The molecule has 0 unspecified atom stereocenters. The average molecular weight is 371 g/mol. The van der Waals surface area contributed by atoms with Gasteiger partial charge in [-0.15, -0.1) is 0 Å². The number of methoxy groups -OCH3 is 1. The summed E-state index contributed by atoms with van der Waals surface area (Å²) in [6, 6.07) is 9.01. The highest BCUT2D eigenvalue weighted by molar-refractivity contribution is 5.54. The number of hydrogen-bond acceptors (Lipinski definition) is 4. The predicted molar refractivity (Wildman–Crippen MR) is 108 cm³/mol. The molecule has 146 valence electrons. The zero-order chi connectivity index (χ0) is 20.3. The van der Waals surface area contributed by atoms with Crippen LogP contribution in [0.3, 0.4) is 0 Å². The van der Waals surface area contributed by atoms with E-state index in [2.05, 4.69) is 13.8 Å². The Bertz CT molecular complexity index is 796. The molecule has 0 saturated heterocycles. The Morgan fingerprint density at radius 1 is 0.852 bits per heavy atom. The van der Waals surface area contributed by atoms with Crippen LogP contribution in [0, 0.1) is 10.1 Å². The Morgan fingerprint density at radius 2 is 1.37 bits per heavy atom. The van der Waals surface area contributed by atoms with Gasteiger partial charge in [0.15, 0.2) is 0 Å². The number of nitro benzene ring substituents is 1. The topological polar surface area (TPSA) is 61.6 Å². The molecule has 0 radical (unpaired) electrons. The van der Waals surface area contributed by atoms with Crippen LogP contribution in [0.2, 0.25) is 0 Å². The molecule has 0 amide bonds. The summed E-state index contributed by atoms with van der Waals surface area (Å²) in [6.45, 7) is 12.3. The largest absolute Gasteiger partial charge is 0.496 e. The van der Waals surface area contributed by atoms with Crippen LogP contribution in [0.25, 0.3) is 0 Å². The monoisotopic (exact) mass is 371 g/mol. The van der Waals surface area contributed by atoms with Gasteiger partial charge in [0.25, 0.3) is 5.69 Å². The first-order valence-corrected chi connectivity index (χ1v) is 9.33. The average Bonchev–Trinajstić information content (AvgIpc) is 2.60. The van der Waals surface area contributed by atoms with Gasteiger partial charge >= 0.3 is 0 Å². The molecule has 0 aliphatic rings. The van der Waals surface area contributed by atoms with Crippen LogP contribution in [-0.2, 0) is 0 Å². The van der Waals surface area contributed by atoms with E-state index < -0.39 is 0 Å². The zero-order valence-electron chi connectivity index (χ0n) is 17.2. The fourth-order valence-corrected chi connectivity index (χ4v) is 3.08. The smallest absolute Gasteiger partial charge is 0.270 e. The number of benzene rings is 2. The lowest BCUT2D eigenvalue weighted by Crippen LogP contribution is -2.03. The number of nitrogens with zero attached hydrogens (tertiary/aromatic N) is 1. The molecule has 0 aliphatic heterocycles. The van der Waals surface area contributed by atoms with Gasteiger partial charge in [-0.3, -0.25) is 10.1 Å². The lowest BCUT2D eigenvalue weighted by Gasteiger charge is -2.21. The van der Waals surface area contributed by atoms with Crippen LogP contribution in [0.4, 0.5) is 5.69 Å². The standard InChI is InChI=1S/C22H29NO4/c1-13(2)18-12-17(8-9-21(18)26-7)27-22-19(14(3)4)10-16(23(24)25)11-20(22)15(5)6/h8-15H,1-7H3. The summed E-state index contributed by atoms with van der Waals surface area (Å²) in [6.07, 6.45) is 0. The van der Waals surface area contributed by atoms with Gasteiger partial charge in [-0.05, 0) is 36.0 Å². The summed E-state index contributed by atoms with van der Waals surface area (Å²) in [4.78, 5) is 11.0. The molecular formula is C22H29NO4. The van der Waals surface area contributed by atoms with E-state index in [-0.39, 0.29) is 28.4 Å². The third kappa shape index (κ3) is 4.59. The van der Waals surface area contributed by atoms with Crippen LogP contribution in [0.5, 0.6) is 17.2 Å². The summed E-state index contributed by atoms with van der Waals surface area (Å²) in [5.74, 6) is 2.73. The molecule has 0 heterocycles. The number of nitro groups is 1. The van der Waals surface area contributed by atoms with Crippen LogP contribution in [0.1, 0.15) is 76.0 Å². The molecule has 0 N–H and O–H groups in total. The Morgan fingerprint density at radius 3 is 1.78 bits per heavy atom. The van der Waals surface area contributed by atoms with Gasteiger partial charge in [0, 0.05) is 28.8 Å². The Labute approximate surface area is 161 Å². The maximum atomic E-state index is 11.4. The number of hydrogen-bond donors (Lipinski definition) is 0. The van der Waals surface area contributed by atoms with Crippen molar-refractivity contribution in [3.63, 3.8) is 0 Å². The van der Waals surface area contributed by atoms with Crippen molar-refractivity contribution in [2.75, 3.05) is 7.11 Å². The molecule has 5 nitrogen and oxygen atoms in total. The van der Waals surface area contributed by atoms with Crippen molar-refractivity contribution in [1.82, 2.24) is 0 Å². The molecule has 0 saturated carbocycles. The summed E-state index contributed by atoms with van der Waals surface area (Å²) >= 11 is 0. The molecule has 2 aromatic rings. The molecule has 0 aliphatic carbocycles. The van der Waals surface area contributed by atoms with E-state index in [0.717, 1.165) is 22.4 Å². The van der Waals surface area contributed by atoms with Crippen molar-refractivity contribution in [2.45, 2.75) is 59.3 Å². The van der Waals surface area contributed by atoms with Crippen LogP contribution in [-0.4, -0.2) is 12.0 Å². The second-order valence-electron chi connectivity index (χ2n) is 7.68. The Kier molecular flexibility index (Phi) is 6.47. The van der Waals surface area contributed by atoms with Crippen molar-refractivity contribution in [2.24, 2.45) is 0 Å². The highest BCUT2D eigenvalue weighted by Gasteiger charge is 2.22. The second-order valence-corrected chi connectivity index (χ2v) is 7.68. The molecule has 0 bridgehead atoms. The summed E-state index contributed by atoms with van der Waals surface area (Å²) in [5, 5.41) is 11.4. The number of non-ortho nitro benzene ring substituents is 1. The van der Waals surface area contributed by atoms with Crippen molar-refractivity contribution in [1.29, 1.82) is 0 Å². The van der Waals surface area contributed by atoms with Gasteiger partial charge in [-0.1, -0.05) is 41.5 Å². The molecule has 0 atom stereocenters. The normalized spacial score (nSPS) is 11.3. The molecule has 5 heteroatoms. The van der Waals surface area contributed by atoms with Gasteiger partial charge in [0.2, 0.25) is 0 Å². The number of rotatable bonds is 7. The first-order chi connectivity index (χ1) is 12.6. The van der Waals surface area contributed by atoms with Crippen molar-refractivity contribution >= 4 is 5.69 Å². The quantitative estimate of drug-likeness (QED) is 0.398. The first-order valence-electron chi connectivity index (χ1n) is 9.33. The molecule has 0 fully saturated rings. The van der Waals surface area contributed by atoms with Gasteiger partial charge < -0.3 is 9.47 Å². The zero-order valence-corrected chi connectivity index (χ0v) is 17.2. The van der Waals surface area contributed by atoms with E-state index in [0.29, 0.717) is 11.5 Å². The molecule has 27 heavy (non-hydrogen) atoms. The minimum atomic E-state index is -0.341. The number of ether oxygens (including phenoxy) is 2. The highest BCUT2D eigenvalue weighted by Crippen LogP contribution is 2.41. The summed E-state index contributed by atoms with van der Waals surface area (Å²) < 4.78 is 11.8. The van der Waals surface area contributed by atoms with E-state index in [9.17, 15) is 10.1 Å². The third-order valence-electron chi connectivity index (χ3n) is 4.63. The third-order valence-corrected chi connectivity index (χ3v) is 4.63. The lowest BCUT2D eigenvalue weighted by atomic mass is 9.93. The fourth-order valence-electron chi connectivity index (χ4n) is 3.08. The maximum absolute atomic E-state index is 11.4. The summed E-state index contributed by atoms with van der Waals surface area (Å²) in [5.41, 5.74) is 2.85. The van der Waals surface area contributed by atoms with Gasteiger partial charge in [0.05, 0.1) is 12.0 Å². The minimum Gasteiger partial charge on any atom is -0.496 e. The van der Waals surface area contributed by atoms with Gasteiger partial charge in [0.1, 0.15) is 17.2 Å². The van der Waals surface area contributed by atoms with Gasteiger partial charge in [-0.2, -0.15) is 0 Å². The predicted octanol–water partition coefficient (Wildman–Crippen LogP) is 6.77. The Hall–Kier alpha value is -2.56. The van der Waals surface area contributed by atoms with Gasteiger partial charge in [-0.25, -0.2) is 0 Å². The van der Waals surface area contributed by atoms with Crippen molar-refractivity contribution in [3.05, 3.63) is 57.1 Å². The first kappa shape index (κ1) is 20.7. The van der Waals surface area contributed by atoms with E-state index in [1.54, 1.807) is 19.2 Å². The van der Waals surface area contributed by atoms with E-state index in [1.807, 2.05) is 45.9 Å². The maximum Gasteiger partial charge on any atom is 0.270 e. The lowest BCUT2D eigenvalue weighted by molar-refractivity contribution is -0.385. The fraction of sp³-hybridized carbons (Fsp3) is 0.455.